The van der Waals surface area contributed by atoms with Gasteiger partial charge in [0, 0.05) is 30.7 Å². The maximum absolute atomic E-state index is 6.23. The van der Waals surface area contributed by atoms with E-state index < -0.39 is 0 Å². The lowest BCUT2D eigenvalue weighted by atomic mass is 9.92. The van der Waals surface area contributed by atoms with Crippen molar-refractivity contribution in [3.8, 4) is 0 Å². The Bertz CT molecular complexity index is 549. The predicted octanol–water partition coefficient (Wildman–Crippen LogP) is 3.69. The van der Waals surface area contributed by atoms with Crippen LogP contribution < -0.4 is 10.6 Å². The van der Waals surface area contributed by atoms with Crippen LogP contribution in [-0.4, -0.2) is 20.6 Å². The second kappa shape index (κ2) is 6.78. The van der Waals surface area contributed by atoms with E-state index in [9.17, 15) is 0 Å². The van der Waals surface area contributed by atoms with Crippen LogP contribution in [0.5, 0.6) is 0 Å². The average molecular weight is 289 g/mol. The van der Waals surface area contributed by atoms with Crippen molar-refractivity contribution >= 4 is 17.3 Å². The van der Waals surface area contributed by atoms with Crippen molar-refractivity contribution in [2.45, 2.75) is 12.3 Å². The summed E-state index contributed by atoms with van der Waals surface area (Å²) < 4.78 is 0. The molecule has 1 atom stereocenters. The minimum atomic E-state index is 0.297. The molecule has 0 saturated carbocycles. The zero-order valence-corrected chi connectivity index (χ0v) is 12.8. The molecule has 0 aliphatic rings. The van der Waals surface area contributed by atoms with Crippen molar-refractivity contribution in [3.05, 3.63) is 64.7 Å². The van der Waals surface area contributed by atoms with Crippen LogP contribution in [0.1, 0.15) is 17.0 Å². The van der Waals surface area contributed by atoms with Crippen molar-refractivity contribution < 1.29 is 0 Å². The summed E-state index contributed by atoms with van der Waals surface area (Å²) in [5.74, 6) is 0.297. The zero-order valence-electron chi connectivity index (χ0n) is 12.0. The maximum Gasteiger partial charge on any atom is 0.0438 e. The van der Waals surface area contributed by atoms with Crippen molar-refractivity contribution in [3.63, 3.8) is 0 Å². The number of nitrogens with zero attached hydrogens (tertiary/aromatic N) is 1. The second-order valence-corrected chi connectivity index (χ2v) is 5.62. The Hall–Kier alpha value is -1.51. The summed E-state index contributed by atoms with van der Waals surface area (Å²) in [4.78, 5) is 2.09. The van der Waals surface area contributed by atoms with Gasteiger partial charge in [-0.05, 0) is 42.3 Å². The van der Waals surface area contributed by atoms with E-state index in [0.29, 0.717) is 12.5 Å². The van der Waals surface area contributed by atoms with Crippen LogP contribution in [0.15, 0.2) is 48.5 Å². The van der Waals surface area contributed by atoms with Crippen LogP contribution in [0, 0.1) is 0 Å². The molecule has 1 unspecified atom stereocenters. The lowest BCUT2D eigenvalue weighted by Gasteiger charge is -2.18. The second-order valence-electron chi connectivity index (χ2n) is 5.21. The Kier molecular flexibility index (Phi) is 5.05. The summed E-state index contributed by atoms with van der Waals surface area (Å²) in [5.41, 5.74) is 9.56. The number of nitrogens with two attached hydrogens (primary N) is 1. The minimum absolute atomic E-state index is 0.297. The van der Waals surface area contributed by atoms with E-state index in [1.807, 2.05) is 32.3 Å². The molecule has 0 aliphatic heterocycles. The van der Waals surface area contributed by atoms with Crippen molar-refractivity contribution in [2.75, 3.05) is 25.5 Å². The first-order valence-corrected chi connectivity index (χ1v) is 7.20. The summed E-state index contributed by atoms with van der Waals surface area (Å²) in [6, 6.07) is 16.5. The number of anilines is 1. The highest BCUT2D eigenvalue weighted by Gasteiger charge is 2.12. The third kappa shape index (κ3) is 3.53. The van der Waals surface area contributed by atoms with Gasteiger partial charge in [-0.3, -0.25) is 0 Å². The zero-order chi connectivity index (χ0) is 14.5. The van der Waals surface area contributed by atoms with Gasteiger partial charge in [0.05, 0.1) is 0 Å². The van der Waals surface area contributed by atoms with E-state index in [0.717, 1.165) is 17.0 Å². The maximum atomic E-state index is 6.23. The molecule has 0 fully saturated rings. The molecule has 0 aromatic heterocycles. The van der Waals surface area contributed by atoms with Crippen molar-refractivity contribution in [1.82, 2.24) is 0 Å². The molecule has 2 aromatic rings. The molecule has 0 heterocycles. The van der Waals surface area contributed by atoms with Gasteiger partial charge >= 0.3 is 0 Å². The first-order valence-electron chi connectivity index (χ1n) is 6.82. The van der Waals surface area contributed by atoms with Crippen LogP contribution >= 0.6 is 11.6 Å². The molecule has 2 N–H and O–H groups in total. The summed E-state index contributed by atoms with van der Waals surface area (Å²) >= 11 is 6.23. The van der Waals surface area contributed by atoms with E-state index in [-0.39, 0.29) is 0 Å². The first-order chi connectivity index (χ1) is 9.61. The van der Waals surface area contributed by atoms with Crippen LogP contribution in [-0.2, 0) is 6.42 Å². The van der Waals surface area contributed by atoms with E-state index in [1.54, 1.807) is 0 Å². The fourth-order valence-electron chi connectivity index (χ4n) is 2.31. The number of benzene rings is 2. The highest BCUT2D eigenvalue weighted by Crippen LogP contribution is 2.25. The summed E-state index contributed by atoms with van der Waals surface area (Å²) in [6.45, 7) is 0.618. The van der Waals surface area contributed by atoms with Gasteiger partial charge < -0.3 is 10.6 Å². The molecule has 2 nitrogen and oxygen atoms in total. The Morgan fingerprint density at radius 1 is 1.05 bits per heavy atom. The number of rotatable bonds is 5. The molecule has 0 saturated heterocycles. The fraction of sp³-hybridized carbons (Fsp3) is 0.294. The SMILES string of the molecule is CN(C)c1ccc(C(CN)Cc2ccccc2Cl)cc1. The average Bonchev–Trinajstić information content (AvgIpc) is 2.46. The molecule has 0 spiro atoms. The van der Waals surface area contributed by atoms with Gasteiger partial charge in [-0.1, -0.05) is 41.9 Å². The molecule has 20 heavy (non-hydrogen) atoms. The standard InChI is InChI=1S/C17H21ClN2/c1-20(2)16-9-7-13(8-10-16)15(12-19)11-14-5-3-4-6-17(14)18/h3-10,15H,11-12,19H2,1-2H3. The Morgan fingerprint density at radius 2 is 1.70 bits per heavy atom. The van der Waals surface area contributed by atoms with E-state index in [4.69, 9.17) is 17.3 Å². The molecular formula is C17H21ClN2. The lowest BCUT2D eigenvalue weighted by molar-refractivity contribution is 0.694. The van der Waals surface area contributed by atoms with Crippen LogP contribution in [0.25, 0.3) is 0 Å². The van der Waals surface area contributed by atoms with E-state index in [2.05, 4.69) is 35.2 Å². The van der Waals surface area contributed by atoms with Gasteiger partial charge in [-0.2, -0.15) is 0 Å². The van der Waals surface area contributed by atoms with Crippen LogP contribution in [0.2, 0.25) is 5.02 Å². The molecule has 0 aliphatic carbocycles. The summed E-state index contributed by atoms with van der Waals surface area (Å²) in [5, 5.41) is 0.816. The topological polar surface area (TPSA) is 29.3 Å². The largest absolute Gasteiger partial charge is 0.378 e. The fourth-order valence-corrected chi connectivity index (χ4v) is 2.52. The van der Waals surface area contributed by atoms with Gasteiger partial charge in [0.2, 0.25) is 0 Å². The third-order valence-electron chi connectivity index (χ3n) is 3.59. The van der Waals surface area contributed by atoms with Crippen LogP contribution in [0.3, 0.4) is 0 Å². The van der Waals surface area contributed by atoms with Gasteiger partial charge in [0.15, 0.2) is 0 Å². The van der Waals surface area contributed by atoms with Gasteiger partial charge in [-0.25, -0.2) is 0 Å². The van der Waals surface area contributed by atoms with Gasteiger partial charge in [0.25, 0.3) is 0 Å². The smallest absolute Gasteiger partial charge is 0.0438 e. The summed E-state index contributed by atoms with van der Waals surface area (Å²) in [6.07, 6.45) is 0.873. The molecule has 3 heteroatoms. The Labute approximate surface area is 126 Å². The van der Waals surface area contributed by atoms with E-state index >= 15 is 0 Å². The minimum Gasteiger partial charge on any atom is -0.378 e. The van der Waals surface area contributed by atoms with Gasteiger partial charge in [0.1, 0.15) is 0 Å². The lowest BCUT2D eigenvalue weighted by Crippen LogP contribution is -2.15. The number of halogens is 1. The third-order valence-corrected chi connectivity index (χ3v) is 3.96. The van der Waals surface area contributed by atoms with Crippen LogP contribution in [0.4, 0.5) is 5.69 Å². The van der Waals surface area contributed by atoms with Crippen molar-refractivity contribution in [2.24, 2.45) is 5.73 Å². The first kappa shape index (κ1) is 14.9. The molecule has 2 rings (SSSR count). The van der Waals surface area contributed by atoms with Gasteiger partial charge in [-0.15, -0.1) is 0 Å². The summed E-state index contributed by atoms with van der Waals surface area (Å²) in [7, 11) is 4.08. The monoisotopic (exact) mass is 288 g/mol. The predicted molar refractivity (Wildman–Crippen MR) is 87.7 cm³/mol. The normalized spacial score (nSPS) is 12.2. The Balaban J connectivity index is 2.18. The highest BCUT2D eigenvalue weighted by atomic mass is 35.5. The molecule has 0 bridgehead atoms. The molecule has 0 amide bonds. The van der Waals surface area contributed by atoms with Crippen molar-refractivity contribution in [1.29, 1.82) is 0 Å². The molecule has 0 radical (unpaired) electrons. The molecular weight excluding hydrogens is 268 g/mol. The quantitative estimate of drug-likeness (QED) is 0.909. The van der Waals surface area contributed by atoms with E-state index in [1.165, 1.54) is 11.3 Å². The Morgan fingerprint density at radius 3 is 2.25 bits per heavy atom. The number of hydrogen-bond acceptors (Lipinski definition) is 2. The molecule has 106 valence electrons. The highest BCUT2D eigenvalue weighted by molar-refractivity contribution is 6.31. The number of hydrogen-bond donors (Lipinski definition) is 1. The molecule has 2 aromatic carbocycles.